The minimum atomic E-state index is -1.51. The van der Waals surface area contributed by atoms with Crippen molar-refractivity contribution in [1.82, 2.24) is 9.38 Å². The van der Waals surface area contributed by atoms with Gasteiger partial charge in [-0.15, -0.1) is 0 Å². The van der Waals surface area contributed by atoms with Gasteiger partial charge in [0.15, 0.2) is 4.96 Å². The van der Waals surface area contributed by atoms with Crippen molar-refractivity contribution in [1.29, 1.82) is 0 Å². The fraction of sp³-hybridized carbons (Fsp3) is 0.185. The first-order chi connectivity index (χ1) is 16.3. The molecule has 0 aliphatic rings. The lowest BCUT2D eigenvalue weighted by atomic mass is 9.85. The molecule has 34 heavy (non-hydrogen) atoms. The summed E-state index contributed by atoms with van der Waals surface area (Å²) in [6.45, 7) is 6.57. The van der Waals surface area contributed by atoms with E-state index in [0.717, 1.165) is 16.6 Å². The lowest BCUT2D eigenvalue weighted by molar-refractivity contribution is 0.0702. The second-order valence-corrected chi connectivity index (χ2v) is 12.4. The van der Waals surface area contributed by atoms with E-state index in [1.54, 1.807) is 6.20 Å². The van der Waals surface area contributed by atoms with Crippen molar-refractivity contribution in [2.45, 2.75) is 26.9 Å². The predicted octanol–water partition coefficient (Wildman–Crippen LogP) is 5.16. The Balaban J connectivity index is 1.60. The molecule has 2 aromatic heterocycles. The maximum atomic E-state index is 11.5. The summed E-state index contributed by atoms with van der Waals surface area (Å²) in [5.41, 5.74) is 2.62. The number of carbonyl (C=O) groups is 1. The predicted molar refractivity (Wildman–Crippen MR) is 139 cm³/mol. The van der Waals surface area contributed by atoms with Gasteiger partial charge in [0.1, 0.15) is 4.88 Å². The summed E-state index contributed by atoms with van der Waals surface area (Å²) in [7, 11) is -1.51. The Bertz CT molecular complexity index is 1420. The minimum absolute atomic E-state index is 0.169. The topological polar surface area (TPSA) is 63.8 Å². The second kappa shape index (κ2) is 8.83. The molecular formula is C27H25N2O3SSi. The summed E-state index contributed by atoms with van der Waals surface area (Å²) in [5.74, 6) is -0.936. The summed E-state index contributed by atoms with van der Waals surface area (Å²) in [6.07, 6.45) is 1.48. The van der Waals surface area contributed by atoms with Gasteiger partial charge in [0.25, 0.3) is 9.04 Å². The Hall–Kier alpha value is -3.26. The van der Waals surface area contributed by atoms with E-state index in [0.29, 0.717) is 4.96 Å². The molecule has 171 valence electrons. The number of hydrogen-bond acceptors (Lipinski definition) is 4. The van der Waals surface area contributed by atoms with E-state index >= 15 is 0 Å². The van der Waals surface area contributed by atoms with Gasteiger partial charge in [-0.05, 0) is 33.5 Å². The molecule has 2 heterocycles. The monoisotopic (exact) mass is 485 g/mol. The molecule has 0 aliphatic carbocycles. The Morgan fingerprint density at radius 3 is 2.18 bits per heavy atom. The van der Waals surface area contributed by atoms with Crippen molar-refractivity contribution >= 4 is 52.7 Å². The van der Waals surface area contributed by atoms with Crippen LogP contribution in [0.15, 0.2) is 85.1 Å². The highest BCUT2D eigenvalue weighted by Crippen LogP contribution is 2.38. The number of thiazole rings is 1. The third-order valence-electron chi connectivity index (χ3n) is 5.74. The van der Waals surface area contributed by atoms with Gasteiger partial charge in [0, 0.05) is 6.20 Å². The van der Waals surface area contributed by atoms with Crippen LogP contribution < -0.4 is 10.4 Å². The number of carboxylic acid groups (broad SMARTS) is 1. The van der Waals surface area contributed by atoms with Crippen LogP contribution in [0.4, 0.5) is 0 Å². The van der Waals surface area contributed by atoms with Crippen molar-refractivity contribution in [2.75, 3.05) is 0 Å². The summed E-state index contributed by atoms with van der Waals surface area (Å²) in [4.78, 5) is 17.0. The molecule has 7 heteroatoms. The first kappa shape index (κ1) is 22.5. The van der Waals surface area contributed by atoms with E-state index in [2.05, 4.69) is 86.4 Å². The van der Waals surface area contributed by atoms with Crippen LogP contribution in [-0.4, -0.2) is 29.5 Å². The van der Waals surface area contributed by atoms with E-state index in [1.807, 2.05) is 22.6 Å². The van der Waals surface area contributed by atoms with Crippen LogP contribution in [0.3, 0.4) is 0 Å². The minimum Gasteiger partial charge on any atom is -0.477 e. The highest BCUT2D eigenvalue weighted by atomic mass is 32.1. The molecule has 0 saturated heterocycles. The molecule has 0 saturated carbocycles. The molecule has 1 unspecified atom stereocenters. The molecule has 1 radical (unpaired) electrons. The zero-order valence-electron chi connectivity index (χ0n) is 19.2. The molecule has 0 bridgehead atoms. The Kier molecular flexibility index (Phi) is 5.85. The summed E-state index contributed by atoms with van der Waals surface area (Å²) >= 11 is 1.18. The zero-order valence-corrected chi connectivity index (χ0v) is 21.0. The van der Waals surface area contributed by atoms with Crippen LogP contribution in [0.25, 0.3) is 16.0 Å². The normalized spacial score (nSPS) is 13.1. The number of aromatic carboxylic acids is 1. The molecule has 1 atom stereocenters. The highest BCUT2D eigenvalue weighted by molar-refractivity contribution is 7.18. The molecule has 5 aromatic rings. The molecule has 0 fully saturated rings. The van der Waals surface area contributed by atoms with Gasteiger partial charge in [-0.3, -0.25) is 4.40 Å². The van der Waals surface area contributed by atoms with Crippen LogP contribution in [0.1, 0.15) is 42.1 Å². The van der Waals surface area contributed by atoms with Crippen molar-refractivity contribution in [2.24, 2.45) is 5.41 Å². The van der Waals surface area contributed by atoms with Gasteiger partial charge < -0.3 is 9.53 Å². The highest BCUT2D eigenvalue weighted by Gasteiger charge is 2.33. The van der Waals surface area contributed by atoms with Gasteiger partial charge >= 0.3 is 5.97 Å². The first-order valence-electron chi connectivity index (χ1n) is 11.1. The van der Waals surface area contributed by atoms with Crippen LogP contribution in [0.2, 0.25) is 0 Å². The number of aromatic nitrogens is 2. The van der Waals surface area contributed by atoms with Crippen molar-refractivity contribution < 1.29 is 14.3 Å². The van der Waals surface area contributed by atoms with Crippen LogP contribution >= 0.6 is 11.3 Å². The molecule has 1 N–H and O–H groups in total. The smallest absolute Gasteiger partial charge is 0.347 e. The molecule has 0 amide bonds. The van der Waals surface area contributed by atoms with Crippen molar-refractivity contribution in [3.63, 3.8) is 0 Å². The average Bonchev–Trinajstić information content (AvgIpc) is 3.38. The van der Waals surface area contributed by atoms with E-state index in [4.69, 9.17) is 4.43 Å². The summed E-state index contributed by atoms with van der Waals surface area (Å²) in [6, 6.07) is 27.1. The Labute approximate surface area is 204 Å². The van der Waals surface area contributed by atoms with Crippen LogP contribution in [0, 0.1) is 5.41 Å². The van der Waals surface area contributed by atoms with E-state index in [-0.39, 0.29) is 16.4 Å². The van der Waals surface area contributed by atoms with Crippen LogP contribution in [0.5, 0.6) is 0 Å². The second-order valence-electron chi connectivity index (χ2n) is 9.34. The van der Waals surface area contributed by atoms with Crippen LogP contribution in [-0.2, 0) is 4.43 Å². The SMILES string of the molecule is CC(C)(C)C(O[Si](c1ccccc1)c1ccccc1)c1ccc2nc3sc(C(=O)O)cn3c2c1. The van der Waals surface area contributed by atoms with Gasteiger partial charge in [0.2, 0.25) is 0 Å². The average molecular weight is 486 g/mol. The quantitative estimate of drug-likeness (QED) is 0.338. The maximum Gasteiger partial charge on any atom is 0.347 e. The Morgan fingerprint density at radius 1 is 1.00 bits per heavy atom. The number of rotatable bonds is 6. The van der Waals surface area contributed by atoms with Crippen molar-refractivity contribution in [3.8, 4) is 0 Å². The number of hydrogen-bond donors (Lipinski definition) is 1. The molecule has 5 rings (SSSR count). The van der Waals surface area contributed by atoms with Gasteiger partial charge in [0.05, 0.1) is 17.1 Å². The maximum absolute atomic E-state index is 11.5. The molecular weight excluding hydrogens is 460 g/mol. The standard InChI is InChI=1S/C27H25N2O3SSi/c1-27(2,3)24(32-34(19-10-6-4-7-11-19)20-12-8-5-9-13-20)18-14-15-21-22(16-18)29-17-23(25(30)31)33-26(29)28-21/h4-17,24H,1-3H3,(H,30,31). The zero-order chi connectivity index (χ0) is 23.9. The third-order valence-corrected chi connectivity index (χ3v) is 8.89. The lowest BCUT2D eigenvalue weighted by Gasteiger charge is -2.34. The number of benzene rings is 3. The number of nitrogens with zero attached hydrogens (tertiary/aromatic N) is 2. The summed E-state index contributed by atoms with van der Waals surface area (Å²) < 4.78 is 8.90. The van der Waals surface area contributed by atoms with E-state index < -0.39 is 15.0 Å². The first-order valence-corrected chi connectivity index (χ1v) is 13.3. The number of carboxylic acids is 1. The lowest BCUT2D eigenvalue weighted by Crippen LogP contribution is -2.47. The molecule has 5 nitrogen and oxygen atoms in total. The van der Waals surface area contributed by atoms with E-state index in [1.165, 1.54) is 21.7 Å². The van der Waals surface area contributed by atoms with Gasteiger partial charge in [-0.25, -0.2) is 9.78 Å². The number of fused-ring (bicyclic) bond motifs is 3. The fourth-order valence-electron chi connectivity index (χ4n) is 4.13. The van der Waals surface area contributed by atoms with Gasteiger partial charge in [-0.2, -0.15) is 0 Å². The molecule has 0 spiro atoms. The summed E-state index contributed by atoms with van der Waals surface area (Å²) in [5, 5.41) is 11.8. The molecule has 0 aliphatic heterocycles. The van der Waals surface area contributed by atoms with Crippen molar-refractivity contribution in [3.05, 3.63) is 95.5 Å². The van der Waals surface area contributed by atoms with E-state index in [9.17, 15) is 9.90 Å². The van der Waals surface area contributed by atoms with Gasteiger partial charge in [-0.1, -0.05) is 98.8 Å². The number of imidazole rings is 1. The Morgan fingerprint density at radius 2 is 1.62 bits per heavy atom. The fourth-order valence-corrected chi connectivity index (χ4v) is 7.29. The largest absolute Gasteiger partial charge is 0.477 e. The third kappa shape index (κ3) is 4.30. The molecule has 3 aromatic carbocycles.